The van der Waals surface area contributed by atoms with Gasteiger partial charge in [0, 0.05) is 22.4 Å². The molecule has 2 atom stereocenters. The van der Waals surface area contributed by atoms with E-state index in [0.29, 0.717) is 6.10 Å². The highest BCUT2D eigenvalue weighted by Gasteiger charge is 2.17. The number of ether oxygens (including phenoxy) is 1. The maximum absolute atomic E-state index is 6.20. The largest absolute Gasteiger partial charge is 0.378 e. The van der Waals surface area contributed by atoms with Crippen LogP contribution in [0.2, 0.25) is 0 Å². The number of thiophene rings is 1. The summed E-state index contributed by atoms with van der Waals surface area (Å²) in [5.41, 5.74) is 6.20. The molecule has 0 amide bonds. The second-order valence-corrected chi connectivity index (χ2v) is 5.68. The summed E-state index contributed by atoms with van der Waals surface area (Å²) in [4.78, 5) is 2.76. The molecule has 0 bridgehead atoms. The molecular formula is C13H21NOS. The third-order valence-corrected chi connectivity index (χ3v) is 4.58. The van der Waals surface area contributed by atoms with Gasteiger partial charge in [-0.1, -0.05) is 6.92 Å². The van der Waals surface area contributed by atoms with E-state index >= 15 is 0 Å². The van der Waals surface area contributed by atoms with Crippen LogP contribution in [0.1, 0.15) is 48.4 Å². The van der Waals surface area contributed by atoms with Gasteiger partial charge in [0.1, 0.15) is 0 Å². The van der Waals surface area contributed by atoms with Crippen molar-refractivity contribution < 1.29 is 4.74 Å². The average Bonchev–Trinajstić information content (AvgIpc) is 2.96. The Morgan fingerprint density at radius 2 is 2.44 bits per heavy atom. The highest BCUT2D eigenvalue weighted by atomic mass is 32.1. The molecular weight excluding hydrogens is 218 g/mol. The Hall–Kier alpha value is -0.380. The fourth-order valence-corrected chi connectivity index (χ4v) is 3.15. The summed E-state index contributed by atoms with van der Waals surface area (Å²) in [6.45, 7) is 3.13. The number of rotatable bonds is 5. The summed E-state index contributed by atoms with van der Waals surface area (Å²) in [7, 11) is 0. The van der Waals surface area contributed by atoms with Crippen LogP contribution in [0.4, 0.5) is 0 Å². The van der Waals surface area contributed by atoms with Crippen LogP contribution in [0.15, 0.2) is 12.1 Å². The SMILES string of the molecule is CCc1ccc(C(N)CCC2CCCO2)s1. The van der Waals surface area contributed by atoms with E-state index in [4.69, 9.17) is 10.5 Å². The summed E-state index contributed by atoms with van der Waals surface area (Å²) in [6.07, 6.45) is 6.19. The third-order valence-electron chi connectivity index (χ3n) is 3.22. The molecule has 16 heavy (non-hydrogen) atoms. The second-order valence-electron chi connectivity index (χ2n) is 4.48. The molecule has 1 fully saturated rings. The van der Waals surface area contributed by atoms with Crippen molar-refractivity contribution >= 4 is 11.3 Å². The first-order valence-electron chi connectivity index (χ1n) is 6.25. The van der Waals surface area contributed by atoms with Crippen molar-refractivity contribution in [2.75, 3.05) is 6.61 Å². The fourth-order valence-electron chi connectivity index (χ4n) is 2.16. The zero-order chi connectivity index (χ0) is 11.4. The summed E-state index contributed by atoms with van der Waals surface area (Å²) in [5.74, 6) is 0. The van der Waals surface area contributed by atoms with Crippen LogP contribution in [0.5, 0.6) is 0 Å². The van der Waals surface area contributed by atoms with E-state index in [-0.39, 0.29) is 6.04 Å². The first kappa shape index (κ1) is 12.1. The Bertz CT molecular complexity index is 317. The number of hydrogen-bond acceptors (Lipinski definition) is 3. The molecule has 3 heteroatoms. The Labute approximate surface area is 102 Å². The molecule has 1 aliphatic heterocycles. The molecule has 90 valence electrons. The van der Waals surface area contributed by atoms with E-state index in [2.05, 4.69) is 19.1 Å². The van der Waals surface area contributed by atoms with Gasteiger partial charge in [0.25, 0.3) is 0 Å². The van der Waals surface area contributed by atoms with Gasteiger partial charge in [0.15, 0.2) is 0 Å². The number of hydrogen-bond donors (Lipinski definition) is 1. The first-order valence-corrected chi connectivity index (χ1v) is 7.07. The van der Waals surface area contributed by atoms with Gasteiger partial charge in [-0.15, -0.1) is 11.3 Å². The summed E-state index contributed by atoms with van der Waals surface area (Å²) in [6, 6.07) is 4.59. The van der Waals surface area contributed by atoms with Gasteiger partial charge < -0.3 is 10.5 Å². The van der Waals surface area contributed by atoms with E-state index in [0.717, 1.165) is 25.9 Å². The molecule has 1 aromatic rings. The van der Waals surface area contributed by atoms with Crippen LogP contribution < -0.4 is 5.73 Å². The average molecular weight is 239 g/mol. The zero-order valence-electron chi connectivity index (χ0n) is 9.95. The molecule has 0 aliphatic carbocycles. The van der Waals surface area contributed by atoms with Crippen LogP contribution in [0.3, 0.4) is 0 Å². The Kier molecular flexibility index (Phi) is 4.38. The number of aryl methyl sites for hydroxylation is 1. The quantitative estimate of drug-likeness (QED) is 0.856. The van der Waals surface area contributed by atoms with Crippen molar-refractivity contribution in [1.82, 2.24) is 0 Å². The topological polar surface area (TPSA) is 35.2 Å². The predicted octanol–water partition coefficient (Wildman–Crippen LogP) is 3.27. The minimum atomic E-state index is 0.203. The maximum Gasteiger partial charge on any atom is 0.0576 e. The molecule has 2 rings (SSSR count). The maximum atomic E-state index is 6.20. The number of nitrogens with two attached hydrogens (primary N) is 1. The highest BCUT2D eigenvalue weighted by molar-refractivity contribution is 7.12. The van der Waals surface area contributed by atoms with Gasteiger partial charge in [-0.3, -0.25) is 0 Å². The molecule has 2 unspecified atom stereocenters. The predicted molar refractivity (Wildman–Crippen MR) is 68.8 cm³/mol. The standard InChI is InChI=1S/C13H21NOS/c1-2-11-6-8-13(16-11)12(14)7-5-10-4-3-9-15-10/h6,8,10,12H,2-5,7,9,14H2,1H3. The third kappa shape index (κ3) is 3.06. The molecule has 0 saturated carbocycles. The minimum absolute atomic E-state index is 0.203. The van der Waals surface area contributed by atoms with Gasteiger partial charge in [0.2, 0.25) is 0 Å². The van der Waals surface area contributed by atoms with E-state index in [1.165, 1.54) is 22.6 Å². The second kappa shape index (κ2) is 5.80. The van der Waals surface area contributed by atoms with Crippen molar-refractivity contribution in [3.63, 3.8) is 0 Å². The van der Waals surface area contributed by atoms with Gasteiger partial charge in [-0.2, -0.15) is 0 Å². The van der Waals surface area contributed by atoms with Crippen LogP contribution in [0.25, 0.3) is 0 Å². The van der Waals surface area contributed by atoms with Crippen LogP contribution in [-0.2, 0) is 11.2 Å². The van der Waals surface area contributed by atoms with Crippen molar-refractivity contribution in [3.8, 4) is 0 Å². The molecule has 1 aliphatic rings. The fraction of sp³-hybridized carbons (Fsp3) is 0.692. The van der Waals surface area contributed by atoms with Crippen molar-refractivity contribution in [1.29, 1.82) is 0 Å². The van der Waals surface area contributed by atoms with Gasteiger partial charge in [0.05, 0.1) is 6.10 Å². The molecule has 1 saturated heterocycles. The van der Waals surface area contributed by atoms with Crippen LogP contribution >= 0.6 is 11.3 Å². The molecule has 0 radical (unpaired) electrons. The molecule has 0 spiro atoms. The highest BCUT2D eigenvalue weighted by Crippen LogP contribution is 2.27. The Balaban J connectivity index is 1.80. The lowest BCUT2D eigenvalue weighted by molar-refractivity contribution is 0.101. The normalized spacial score (nSPS) is 22.5. The Morgan fingerprint density at radius 1 is 1.56 bits per heavy atom. The van der Waals surface area contributed by atoms with Crippen molar-refractivity contribution in [3.05, 3.63) is 21.9 Å². The van der Waals surface area contributed by atoms with Gasteiger partial charge in [-0.05, 0) is 44.2 Å². The summed E-state index contributed by atoms with van der Waals surface area (Å²) < 4.78 is 5.61. The molecule has 2 N–H and O–H groups in total. The van der Waals surface area contributed by atoms with Crippen molar-refractivity contribution in [2.24, 2.45) is 5.73 Å². The van der Waals surface area contributed by atoms with E-state index in [9.17, 15) is 0 Å². The van der Waals surface area contributed by atoms with E-state index in [1.807, 2.05) is 11.3 Å². The molecule has 0 aromatic carbocycles. The first-order chi connectivity index (χ1) is 7.79. The zero-order valence-corrected chi connectivity index (χ0v) is 10.8. The molecule has 2 heterocycles. The Morgan fingerprint density at radius 3 is 3.06 bits per heavy atom. The lowest BCUT2D eigenvalue weighted by Gasteiger charge is -2.13. The van der Waals surface area contributed by atoms with Crippen molar-refractivity contribution in [2.45, 2.75) is 51.2 Å². The van der Waals surface area contributed by atoms with Gasteiger partial charge in [-0.25, -0.2) is 0 Å². The van der Waals surface area contributed by atoms with Crippen LogP contribution in [-0.4, -0.2) is 12.7 Å². The summed E-state index contributed by atoms with van der Waals surface area (Å²) in [5, 5.41) is 0. The lowest BCUT2D eigenvalue weighted by Crippen LogP contribution is -2.13. The minimum Gasteiger partial charge on any atom is -0.378 e. The van der Waals surface area contributed by atoms with E-state index in [1.54, 1.807) is 0 Å². The smallest absolute Gasteiger partial charge is 0.0576 e. The monoisotopic (exact) mass is 239 g/mol. The van der Waals surface area contributed by atoms with Gasteiger partial charge >= 0.3 is 0 Å². The van der Waals surface area contributed by atoms with Crippen LogP contribution in [0, 0.1) is 0 Å². The summed E-state index contributed by atoms with van der Waals surface area (Å²) >= 11 is 1.86. The lowest BCUT2D eigenvalue weighted by atomic mass is 10.1. The molecule has 2 nitrogen and oxygen atoms in total. The molecule has 1 aromatic heterocycles. The van der Waals surface area contributed by atoms with E-state index < -0.39 is 0 Å².